The van der Waals surface area contributed by atoms with Crippen LogP contribution in [-0.2, 0) is 0 Å². The van der Waals surface area contributed by atoms with E-state index in [-0.39, 0.29) is 6.61 Å². The second-order valence-electron chi connectivity index (χ2n) is 5.11. The minimum Gasteiger partial charge on any atom is -0.396 e. The highest BCUT2D eigenvalue weighted by molar-refractivity contribution is 5.31. The molecule has 1 aliphatic rings. The quantitative estimate of drug-likeness (QED) is 0.864. The van der Waals surface area contributed by atoms with Crippen LogP contribution in [0.25, 0.3) is 0 Å². The second kappa shape index (κ2) is 5.65. The summed E-state index contributed by atoms with van der Waals surface area (Å²) in [6.07, 6.45) is 3.45. The minimum absolute atomic E-state index is 0.272. The Morgan fingerprint density at radius 2 is 1.88 bits per heavy atom. The molecule has 1 heterocycles. The molecule has 2 heteroatoms. The summed E-state index contributed by atoms with van der Waals surface area (Å²) in [6, 6.07) is 7.11. The van der Waals surface area contributed by atoms with Gasteiger partial charge in [-0.2, -0.15) is 0 Å². The first-order valence-corrected chi connectivity index (χ1v) is 6.64. The number of aliphatic hydroxyl groups excluding tert-OH is 1. The van der Waals surface area contributed by atoms with Crippen LogP contribution < -0.4 is 0 Å². The van der Waals surface area contributed by atoms with E-state index in [0.29, 0.717) is 6.04 Å². The fourth-order valence-electron chi connectivity index (χ4n) is 2.71. The monoisotopic (exact) mass is 233 g/mol. The molecule has 2 rings (SSSR count). The van der Waals surface area contributed by atoms with Crippen molar-refractivity contribution in [1.29, 1.82) is 0 Å². The first-order valence-electron chi connectivity index (χ1n) is 6.64. The number of hydrogen-bond donors (Lipinski definition) is 1. The second-order valence-corrected chi connectivity index (χ2v) is 5.11. The smallest absolute Gasteiger partial charge is 0.0449 e. The highest BCUT2D eigenvalue weighted by atomic mass is 16.3. The van der Waals surface area contributed by atoms with Gasteiger partial charge in [0.05, 0.1) is 0 Å². The van der Waals surface area contributed by atoms with Crippen LogP contribution in [0.4, 0.5) is 0 Å². The van der Waals surface area contributed by atoms with Crippen LogP contribution in [0.15, 0.2) is 18.2 Å². The van der Waals surface area contributed by atoms with Crippen molar-refractivity contribution in [2.45, 2.75) is 39.2 Å². The van der Waals surface area contributed by atoms with Gasteiger partial charge in [0.15, 0.2) is 0 Å². The summed E-state index contributed by atoms with van der Waals surface area (Å²) in [5.74, 6) is 0. The summed E-state index contributed by atoms with van der Waals surface area (Å²) in [5.41, 5.74) is 4.06. The van der Waals surface area contributed by atoms with Gasteiger partial charge in [-0.1, -0.05) is 18.2 Å². The molecule has 94 valence electrons. The van der Waals surface area contributed by atoms with Gasteiger partial charge in [0, 0.05) is 12.6 Å². The molecular weight excluding hydrogens is 210 g/mol. The zero-order valence-electron chi connectivity index (χ0n) is 10.9. The van der Waals surface area contributed by atoms with E-state index in [1.54, 1.807) is 0 Å². The van der Waals surface area contributed by atoms with Crippen LogP contribution in [0, 0.1) is 13.8 Å². The Bertz CT molecular complexity index is 369. The van der Waals surface area contributed by atoms with E-state index in [4.69, 9.17) is 0 Å². The summed E-state index contributed by atoms with van der Waals surface area (Å²) in [5, 5.41) is 9.26. The van der Waals surface area contributed by atoms with E-state index in [1.165, 1.54) is 42.6 Å². The molecule has 1 unspecified atom stereocenters. The van der Waals surface area contributed by atoms with Gasteiger partial charge in [-0.15, -0.1) is 0 Å². The summed E-state index contributed by atoms with van der Waals surface area (Å²) < 4.78 is 0. The van der Waals surface area contributed by atoms with Crippen molar-refractivity contribution in [3.63, 3.8) is 0 Å². The molecule has 1 N–H and O–H groups in total. The van der Waals surface area contributed by atoms with Gasteiger partial charge < -0.3 is 5.11 Å². The lowest BCUT2D eigenvalue weighted by Crippen LogP contribution is -2.26. The van der Waals surface area contributed by atoms with Crippen molar-refractivity contribution >= 4 is 0 Å². The van der Waals surface area contributed by atoms with E-state index in [2.05, 4.69) is 36.9 Å². The fourth-order valence-corrected chi connectivity index (χ4v) is 2.71. The van der Waals surface area contributed by atoms with Crippen LogP contribution >= 0.6 is 0 Å². The van der Waals surface area contributed by atoms with Gasteiger partial charge in [0.2, 0.25) is 0 Å². The van der Waals surface area contributed by atoms with E-state index in [0.717, 1.165) is 6.42 Å². The molecule has 1 saturated heterocycles. The predicted molar refractivity (Wildman–Crippen MR) is 71.2 cm³/mol. The molecule has 0 radical (unpaired) electrons. The maximum Gasteiger partial charge on any atom is 0.0449 e. The standard InChI is InChI=1S/C15H23NO/c1-12-5-6-14(11-13(12)2)15(7-10-17)16-8-3-4-9-16/h5-6,11,15,17H,3-4,7-10H2,1-2H3. The number of hydrogen-bond acceptors (Lipinski definition) is 2. The van der Waals surface area contributed by atoms with Crippen molar-refractivity contribution in [2.24, 2.45) is 0 Å². The van der Waals surface area contributed by atoms with Crippen molar-refractivity contribution in [3.8, 4) is 0 Å². The average molecular weight is 233 g/mol. The molecule has 0 amide bonds. The molecule has 0 aliphatic carbocycles. The van der Waals surface area contributed by atoms with Crippen molar-refractivity contribution in [1.82, 2.24) is 4.90 Å². The maximum absolute atomic E-state index is 9.26. The Morgan fingerprint density at radius 3 is 2.47 bits per heavy atom. The Labute approximate surface area is 104 Å². The Balaban J connectivity index is 2.21. The normalized spacial score (nSPS) is 18.5. The van der Waals surface area contributed by atoms with Crippen molar-refractivity contribution in [2.75, 3.05) is 19.7 Å². The van der Waals surface area contributed by atoms with E-state index in [9.17, 15) is 5.11 Å². The van der Waals surface area contributed by atoms with Gasteiger partial charge in [-0.25, -0.2) is 0 Å². The first kappa shape index (κ1) is 12.6. The number of aryl methyl sites for hydroxylation is 2. The highest BCUT2D eigenvalue weighted by Gasteiger charge is 2.22. The van der Waals surface area contributed by atoms with Gasteiger partial charge in [0.25, 0.3) is 0 Å². The molecule has 0 saturated carbocycles. The van der Waals surface area contributed by atoms with Crippen molar-refractivity contribution in [3.05, 3.63) is 34.9 Å². The first-order chi connectivity index (χ1) is 8.22. The number of benzene rings is 1. The third kappa shape index (κ3) is 2.88. The maximum atomic E-state index is 9.26. The zero-order valence-corrected chi connectivity index (χ0v) is 10.9. The van der Waals surface area contributed by atoms with E-state index in [1.807, 2.05) is 0 Å². The molecule has 1 aliphatic heterocycles. The predicted octanol–water partition coefficient (Wildman–Crippen LogP) is 2.82. The number of nitrogens with zero attached hydrogens (tertiary/aromatic N) is 1. The van der Waals surface area contributed by atoms with Gasteiger partial charge in [0.1, 0.15) is 0 Å². The third-order valence-electron chi connectivity index (χ3n) is 3.90. The molecule has 2 nitrogen and oxygen atoms in total. The average Bonchev–Trinajstić information content (AvgIpc) is 2.83. The van der Waals surface area contributed by atoms with Crippen LogP contribution in [0.3, 0.4) is 0 Å². The number of likely N-dealkylation sites (tertiary alicyclic amines) is 1. The molecule has 17 heavy (non-hydrogen) atoms. The number of aliphatic hydroxyl groups is 1. The lowest BCUT2D eigenvalue weighted by atomic mass is 9.98. The summed E-state index contributed by atoms with van der Waals surface area (Å²) in [4.78, 5) is 2.51. The topological polar surface area (TPSA) is 23.5 Å². The van der Waals surface area contributed by atoms with E-state index >= 15 is 0 Å². The Hall–Kier alpha value is -0.860. The fraction of sp³-hybridized carbons (Fsp3) is 0.600. The molecule has 1 atom stereocenters. The Kier molecular flexibility index (Phi) is 4.19. The zero-order chi connectivity index (χ0) is 12.3. The van der Waals surface area contributed by atoms with Crippen LogP contribution in [0.1, 0.15) is 42.0 Å². The van der Waals surface area contributed by atoms with Crippen LogP contribution in [0.2, 0.25) is 0 Å². The third-order valence-corrected chi connectivity index (χ3v) is 3.90. The molecule has 0 bridgehead atoms. The molecule has 1 fully saturated rings. The molecule has 0 spiro atoms. The SMILES string of the molecule is Cc1ccc(C(CCO)N2CCCC2)cc1C. The summed E-state index contributed by atoms with van der Waals surface area (Å²) in [6.45, 7) is 6.94. The van der Waals surface area contributed by atoms with Gasteiger partial charge in [-0.3, -0.25) is 4.90 Å². The molecule has 1 aromatic carbocycles. The minimum atomic E-state index is 0.272. The van der Waals surface area contributed by atoms with Crippen LogP contribution in [-0.4, -0.2) is 29.7 Å². The van der Waals surface area contributed by atoms with Gasteiger partial charge in [-0.05, 0) is 62.9 Å². The van der Waals surface area contributed by atoms with E-state index < -0.39 is 0 Å². The van der Waals surface area contributed by atoms with Gasteiger partial charge >= 0.3 is 0 Å². The lowest BCUT2D eigenvalue weighted by Gasteiger charge is -2.28. The largest absolute Gasteiger partial charge is 0.396 e. The lowest BCUT2D eigenvalue weighted by molar-refractivity contribution is 0.185. The summed E-state index contributed by atoms with van der Waals surface area (Å²) >= 11 is 0. The highest BCUT2D eigenvalue weighted by Crippen LogP contribution is 2.28. The van der Waals surface area contributed by atoms with Crippen molar-refractivity contribution < 1.29 is 5.11 Å². The Morgan fingerprint density at radius 1 is 1.18 bits per heavy atom. The van der Waals surface area contributed by atoms with Crippen LogP contribution in [0.5, 0.6) is 0 Å². The summed E-state index contributed by atoms with van der Waals surface area (Å²) in [7, 11) is 0. The molecule has 0 aromatic heterocycles. The number of rotatable bonds is 4. The molecular formula is C15H23NO. The molecule has 1 aromatic rings.